The van der Waals surface area contributed by atoms with Gasteiger partial charge in [-0.15, -0.1) is 0 Å². The fraction of sp³-hybridized carbons (Fsp3) is 0.148. The van der Waals surface area contributed by atoms with Gasteiger partial charge in [0.1, 0.15) is 23.2 Å². The van der Waals surface area contributed by atoms with Gasteiger partial charge >= 0.3 is 17.9 Å². The van der Waals surface area contributed by atoms with Crippen molar-refractivity contribution in [2.45, 2.75) is 25.2 Å². The molecule has 0 aliphatic rings. The van der Waals surface area contributed by atoms with Gasteiger partial charge in [-0.05, 0) is 60.0 Å². The Morgan fingerprint density at radius 2 is 1.64 bits per heavy atom. The minimum absolute atomic E-state index is 0.00121. The van der Waals surface area contributed by atoms with Crippen LogP contribution in [0.15, 0.2) is 48.5 Å². The molecular formula is C27H24N4O8. The van der Waals surface area contributed by atoms with Crippen molar-refractivity contribution in [1.82, 2.24) is 9.97 Å². The summed E-state index contributed by atoms with van der Waals surface area (Å²) in [6.45, 7) is 0. The molecule has 3 aromatic carbocycles. The molecule has 4 rings (SSSR count). The molecule has 4 aromatic rings. The van der Waals surface area contributed by atoms with Gasteiger partial charge in [0.25, 0.3) is 0 Å². The van der Waals surface area contributed by atoms with Crippen LogP contribution >= 0.6 is 0 Å². The third-order valence-corrected chi connectivity index (χ3v) is 6.24. The van der Waals surface area contributed by atoms with Crippen molar-refractivity contribution in [3.05, 3.63) is 65.2 Å². The number of amidine groups is 1. The molecule has 1 atom stereocenters. The van der Waals surface area contributed by atoms with Gasteiger partial charge in [0.15, 0.2) is 0 Å². The topological polar surface area (TPSA) is 231 Å². The van der Waals surface area contributed by atoms with E-state index in [4.69, 9.17) is 16.2 Å². The Hall–Kier alpha value is -5.39. The summed E-state index contributed by atoms with van der Waals surface area (Å²) in [5.74, 6) is -5.97. The maximum absolute atomic E-state index is 12.0. The number of nitrogens with two attached hydrogens (primary N) is 1. The SMILES string of the molecule is N=C(N)c1ccc2nc(-c3cc(C(CC(=O)O)C(=O)O)cc(-c4cc(CCC(=O)O)ccc4O)c3O)[nH]c2c1. The van der Waals surface area contributed by atoms with Gasteiger partial charge in [-0.2, -0.15) is 0 Å². The Bertz CT molecular complexity index is 1640. The molecule has 0 aliphatic carbocycles. The van der Waals surface area contributed by atoms with E-state index in [9.17, 15) is 34.8 Å². The number of carboxylic acids is 3. The molecule has 0 fully saturated rings. The van der Waals surface area contributed by atoms with Crippen molar-refractivity contribution >= 4 is 34.8 Å². The summed E-state index contributed by atoms with van der Waals surface area (Å²) < 4.78 is 0. The van der Waals surface area contributed by atoms with E-state index in [0.717, 1.165) is 0 Å². The van der Waals surface area contributed by atoms with Crippen LogP contribution in [0, 0.1) is 5.41 Å². The van der Waals surface area contributed by atoms with Crippen LogP contribution in [0.2, 0.25) is 0 Å². The highest BCUT2D eigenvalue weighted by atomic mass is 16.4. The average Bonchev–Trinajstić information content (AvgIpc) is 3.30. The van der Waals surface area contributed by atoms with E-state index < -0.39 is 30.2 Å². The van der Waals surface area contributed by atoms with Crippen molar-refractivity contribution in [2.24, 2.45) is 5.73 Å². The molecular weight excluding hydrogens is 508 g/mol. The van der Waals surface area contributed by atoms with Gasteiger partial charge in [0.2, 0.25) is 0 Å². The Morgan fingerprint density at radius 1 is 0.923 bits per heavy atom. The van der Waals surface area contributed by atoms with Crippen molar-refractivity contribution < 1.29 is 39.9 Å². The molecule has 1 heterocycles. The maximum atomic E-state index is 12.0. The van der Waals surface area contributed by atoms with Gasteiger partial charge < -0.3 is 36.3 Å². The number of aliphatic carboxylic acids is 3. The quantitative estimate of drug-likeness (QED) is 0.110. The van der Waals surface area contributed by atoms with Crippen LogP contribution in [0.3, 0.4) is 0 Å². The highest BCUT2D eigenvalue weighted by molar-refractivity contribution is 5.98. The lowest BCUT2D eigenvalue weighted by Gasteiger charge is -2.17. The largest absolute Gasteiger partial charge is 0.507 e. The summed E-state index contributed by atoms with van der Waals surface area (Å²) in [6.07, 6.45) is -0.789. The summed E-state index contributed by atoms with van der Waals surface area (Å²) in [4.78, 5) is 42.0. The molecule has 12 nitrogen and oxygen atoms in total. The maximum Gasteiger partial charge on any atom is 0.311 e. The molecule has 0 bridgehead atoms. The first-order valence-electron chi connectivity index (χ1n) is 11.6. The fourth-order valence-electron chi connectivity index (χ4n) is 4.28. The number of aryl methyl sites for hydroxylation is 1. The highest BCUT2D eigenvalue weighted by Crippen LogP contribution is 2.44. The first-order chi connectivity index (χ1) is 18.4. The van der Waals surface area contributed by atoms with Gasteiger partial charge in [-0.3, -0.25) is 19.8 Å². The lowest BCUT2D eigenvalue weighted by atomic mass is 9.89. The van der Waals surface area contributed by atoms with Gasteiger partial charge in [-0.1, -0.05) is 6.07 Å². The number of nitrogens with one attached hydrogen (secondary N) is 2. The number of aromatic hydroxyl groups is 2. The number of aromatic amines is 1. The molecule has 0 aliphatic heterocycles. The molecule has 1 unspecified atom stereocenters. The van der Waals surface area contributed by atoms with E-state index in [1.807, 2.05) is 0 Å². The number of carboxylic acid groups (broad SMARTS) is 3. The first-order valence-corrected chi connectivity index (χ1v) is 11.6. The van der Waals surface area contributed by atoms with Crippen molar-refractivity contribution in [3.63, 3.8) is 0 Å². The zero-order valence-electron chi connectivity index (χ0n) is 20.3. The first kappa shape index (κ1) is 26.7. The van der Waals surface area contributed by atoms with E-state index in [0.29, 0.717) is 22.2 Å². The third-order valence-electron chi connectivity index (χ3n) is 6.24. The Kier molecular flexibility index (Phi) is 7.20. The van der Waals surface area contributed by atoms with Crippen LogP contribution in [0.25, 0.3) is 33.5 Å². The fourth-order valence-corrected chi connectivity index (χ4v) is 4.28. The van der Waals surface area contributed by atoms with E-state index in [-0.39, 0.29) is 58.3 Å². The average molecular weight is 533 g/mol. The Balaban J connectivity index is 1.96. The zero-order chi connectivity index (χ0) is 28.4. The van der Waals surface area contributed by atoms with E-state index in [2.05, 4.69) is 9.97 Å². The second-order valence-electron chi connectivity index (χ2n) is 8.93. The number of imidazole rings is 1. The minimum Gasteiger partial charge on any atom is -0.507 e. The van der Waals surface area contributed by atoms with Crippen LogP contribution in [0.4, 0.5) is 0 Å². The zero-order valence-corrected chi connectivity index (χ0v) is 20.3. The monoisotopic (exact) mass is 532 g/mol. The number of nitrogens with zero attached hydrogens (tertiary/aromatic N) is 1. The molecule has 0 saturated carbocycles. The predicted molar refractivity (Wildman–Crippen MR) is 140 cm³/mol. The lowest BCUT2D eigenvalue weighted by molar-refractivity contribution is -0.145. The Labute approximate surface area is 220 Å². The Morgan fingerprint density at radius 3 is 2.28 bits per heavy atom. The molecule has 0 spiro atoms. The van der Waals surface area contributed by atoms with E-state index >= 15 is 0 Å². The van der Waals surface area contributed by atoms with Crippen molar-refractivity contribution in [2.75, 3.05) is 0 Å². The molecule has 200 valence electrons. The van der Waals surface area contributed by atoms with Crippen LogP contribution < -0.4 is 5.73 Å². The molecule has 0 amide bonds. The second kappa shape index (κ2) is 10.5. The van der Waals surface area contributed by atoms with Crippen LogP contribution in [0.1, 0.15) is 35.4 Å². The third kappa shape index (κ3) is 5.64. The number of phenols is 2. The highest BCUT2D eigenvalue weighted by Gasteiger charge is 2.27. The molecule has 9 N–H and O–H groups in total. The summed E-state index contributed by atoms with van der Waals surface area (Å²) >= 11 is 0. The van der Waals surface area contributed by atoms with Crippen LogP contribution in [-0.2, 0) is 20.8 Å². The molecule has 1 aromatic heterocycles. The van der Waals surface area contributed by atoms with Crippen molar-refractivity contribution in [3.8, 4) is 34.0 Å². The summed E-state index contributed by atoms with van der Waals surface area (Å²) in [7, 11) is 0. The number of phenolic OH excluding ortho intramolecular Hbond substituents is 2. The van der Waals surface area contributed by atoms with E-state index in [1.165, 1.54) is 30.3 Å². The second-order valence-corrected chi connectivity index (χ2v) is 8.93. The van der Waals surface area contributed by atoms with Crippen LogP contribution in [-0.4, -0.2) is 59.2 Å². The number of rotatable bonds is 10. The number of aromatic nitrogens is 2. The molecule has 39 heavy (non-hydrogen) atoms. The predicted octanol–water partition coefficient (Wildman–Crippen LogP) is 3.25. The van der Waals surface area contributed by atoms with Gasteiger partial charge in [-0.25, -0.2) is 4.98 Å². The number of carbonyl (C=O) groups is 3. The molecule has 0 radical (unpaired) electrons. The summed E-state index contributed by atoms with van der Waals surface area (Å²) in [5.41, 5.74) is 7.62. The standard InChI is InChI=1S/C27H24N4O8/c28-25(29)13-3-4-19-20(10-13)31-26(30-19)18-9-14(15(27(38)39)11-23(35)36)8-17(24(18)37)16-7-12(1-5-21(16)32)2-6-22(33)34/h1,3-5,7-10,15,32,37H,2,6,11H2,(H3,28,29)(H,30,31)(H,33,34)(H,35,36)(H,38,39). The number of hydrogen-bond acceptors (Lipinski definition) is 7. The normalized spacial score (nSPS) is 11.8. The summed E-state index contributed by atoms with van der Waals surface area (Å²) in [6, 6.07) is 11.7. The molecule has 12 heteroatoms. The number of hydrogen-bond donors (Lipinski definition) is 8. The van der Waals surface area contributed by atoms with Gasteiger partial charge in [0, 0.05) is 23.1 Å². The van der Waals surface area contributed by atoms with Gasteiger partial charge in [0.05, 0.1) is 28.9 Å². The smallest absolute Gasteiger partial charge is 0.311 e. The molecule has 0 saturated heterocycles. The number of H-pyrrole nitrogens is 1. The van der Waals surface area contributed by atoms with E-state index in [1.54, 1.807) is 18.2 Å². The number of fused-ring (bicyclic) bond motifs is 1. The van der Waals surface area contributed by atoms with Crippen LogP contribution in [0.5, 0.6) is 11.5 Å². The number of benzene rings is 3. The lowest BCUT2D eigenvalue weighted by Crippen LogP contribution is -2.16. The summed E-state index contributed by atoms with van der Waals surface area (Å²) in [5, 5.41) is 57.8. The van der Waals surface area contributed by atoms with Crippen molar-refractivity contribution in [1.29, 1.82) is 5.41 Å². The number of nitrogen functional groups attached to an aromatic ring is 1. The minimum atomic E-state index is -1.49.